The third-order valence-corrected chi connectivity index (χ3v) is 3.46. The van der Waals surface area contributed by atoms with Crippen molar-refractivity contribution < 1.29 is 9.47 Å². The molecule has 104 valence electrons. The van der Waals surface area contributed by atoms with Crippen molar-refractivity contribution in [3.05, 3.63) is 54.1 Å². The van der Waals surface area contributed by atoms with Gasteiger partial charge in [-0.15, -0.1) is 0 Å². The van der Waals surface area contributed by atoms with Gasteiger partial charge in [-0.1, -0.05) is 18.2 Å². The van der Waals surface area contributed by atoms with Gasteiger partial charge in [0.1, 0.15) is 22.8 Å². The molecule has 0 saturated carbocycles. The summed E-state index contributed by atoms with van der Waals surface area (Å²) in [6.07, 6.45) is 0.800. The van der Waals surface area contributed by atoms with E-state index in [1.54, 1.807) is 0 Å². The number of hydrogen-bond donors (Lipinski definition) is 1. The van der Waals surface area contributed by atoms with Gasteiger partial charge in [0, 0.05) is 18.0 Å². The highest BCUT2D eigenvalue weighted by molar-refractivity contribution is 5.45. The molecule has 1 aliphatic heterocycles. The molecule has 0 aliphatic carbocycles. The Bertz CT molecular complexity index is 608. The van der Waals surface area contributed by atoms with Crippen molar-refractivity contribution in [1.82, 2.24) is 0 Å². The van der Waals surface area contributed by atoms with Crippen LogP contribution in [0.15, 0.2) is 48.5 Å². The zero-order valence-corrected chi connectivity index (χ0v) is 11.8. The van der Waals surface area contributed by atoms with Crippen LogP contribution in [0.5, 0.6) is 17.2 Å². The highest BCUT2D eigenvalue weighted by Crippen LogP contribution is 2.40. The van der Waals surface area contributed by atoms with Crippen molar-refractivity contribution in [2.24, 2.45) is 5.73 Å². The predicted molar refractivity (Wildman–Crippen MR) is 79.2 cm³/mol. The minimum absolute atomic E-state index is 0.0203. The van der Waals surface area contributed by atoms with E-state index in [0.29, 0.717) is 0 Å². The van der Waals surface area contributed by atoms with Crippen LogP contribution in [0.4, 0.5) is 0 Å². The molecule has 0 aromatic heterocycles. The lowest BCUT2D eigenvalue weighted by molar-refractivity contribution is 0.0727. The van der Waals surface area contributed by atoms with Gasteiger partial charge in [0.2, 0.25) is 0 Å². The summed E-state index contributed by atoms with van der Waals surface area (Å²) in [5, 5.41) is 0. The van der Waals surface area contributed by atoms with Crippen LogP contribution >= 0.6 is 0 Å². The first kappa shape index (κ1) is 13.0. The molecule has 3 rings (SSSR count). The molecule has 0 bridgehead atoms. The van der Waals surface area contributed by atoms with E-state index < -0.39 is 0 Å². The summed E-state index contributed by atoms with van der Waals surface area (Å²) in [6.45, 7) is 4.12. The van der Waals surface area contributed by atoms with E-state index in [0.717, 1.165) is 29.2 Å². The summed E-state index contributed by atoms with van der Waals surface area (Å²) >= 11 is 0. The molecule has 0 fully saturated rings. The topological polar surface area (TPSA) is 44.5 Å². The Labute approximate surface area is 119 Å². The first-order valence-corrected chi connectivity index (χ1v) is 6.85. The van der Waals surface area contributed by atoms with Gasteiger partial charge < -0.3 is 15.2 Å². The second-order valence-corrected chi connectivity index (χ2v) is 5.79. The summed E-state index contributed by atoms with van der Waals surface area (Å²) in [5.74, 6) is 2.46. The number of nitrogens with two attached hydrogens (primary N) is 1. The molecule has 2 aromatic rings. The lowest BCUT2D eigenvalue weighted by Gasteiger charge is -2.36. The zero-order valence-electron chi connectivity index (χ0n) is 11.8. The van der Waals surface area contributed by atoms with Crippen molar-refractivity contribution in [2.45, 2.75) is 31.9 Å². The average molecular weight is 269 g/mol. The Morgan fingerprint density at radius 3 is 2.60 bits per heavy atom. The van der Waals surface area contributed by atoms with E-state index in [2.05, 4.69) is 13.8 Å². The molecule has 3 heteroatoms. The van der Waals surface area contributed by atoms with Crippen molar-refractivity contribution >= 4 is 0 Å². The number of hydrogen-bond acceptors (Lipinski definition) is 3. The lowest BCUT2D eigenvalue weighted by atomic mass is 9.90. The average Bonchev–Trinajstić information content (AvgIpc) is 2.40. The maximum absolute atomic E-state index is 6.25. The van der Waals surface area contributed by atoms with Gasteiger partial charge in [0.25, 0.3) is 0 Å². The molecule has 0 saturated heterocycles. The largest absolute Gasteiger partial charge is 0.487 e. The van der Waals surface area contributed by atoms with E-state index in [1.165, 1.54) is 0 Å². The predicted octanol–water partition coefficient (Wildman–Crippen LogP) is 4.04. The highest BCUT2D eigenvalue weighted by Gasteiger charge is 2.31. The van der Waals surface area contributed by atoms with Gasteiger partial charge in [0.05, 0.1) is 0 Å². The van der Waals surface area contributed by atoms with Crippen molar-refractivity contribution in [1.29, 1.82) is 0 Å². The second-order valence-electron chi connectivity index (χ2n) is 5.79. The van der Waals surface area contributed by atoms with E-state index in [4.69, 9.17) is 15.2 Å². The number of rotatable bonds is 2. The fourth-order valence-corrected chi connectivity index (χ4v) is 2.58. The number of fused-ring (bicyclic) bond motifs is 1. The SMILES string of the molecule is CC1(C)CC(N)c2cc(Oc3ccccc3)ccc2O1. The molecule has 2 N–H and O–H groups in total. The molecule has 0 amide bonds. The van der Waals surface area contributed by atoms with Crippen molar-refractivity contribution in [2.75, 3.05) is 0 Å². The van der Waals surface area contributed by atoms with Gasteiger partial charge in [-0.2, -0.15) is 0 Å². The Hall–Kier alpha value is -2.00. The van der Waals surface area contributed by atoms with Crippen molar-refractivity contribution in [3.63, 3.8) is 0 Å². The summed E-state index contributed by atoms with van der Waals surface area (Å²) in [6, 6.07) is 15.5. The summed E-state index contributed by atoms with van der Waals surface area (Å²) < 4.78 is 11.8. The molecule has 1 atom stereocenters. The Balaban J connectivity index is 1.88. The van der Waals surface area contributed by atoms with Crippen LogP contribution in [0.3, 0.4) is 0 Å². The highest BCUT2D eigenvalue weighted by atomic mass is 16.5. The van der Waals surface area contributed by atoms with E-state index in [-0.39, 0.29) is 11.6 Å². The summed E-state index contributed by atoms with van der Waals surface area (Å²) in [5.41, 5.74) is 7.05. The van der Waals surface area contributed by atoms with Crippen LogP contribution in [0, 0.1) is 0 Å². The smallest absolute Gasteiger partial charge is 0.128 e. The van der Waals surface area contributed by atoms with Crippen LogP contribution in [-0.4, -0.2) is 5.60 Å². The summed E-state index contributed by atoms with van der Waals surface area (Å²) in [4.78, 5) is 0. The first-order valence-electron chi connectivity index (χ1n) is 6.85. The van der Waals surface area contributed by atoms with Crippen LogP contribution in [0.2, 0.25) is 0 Å². The monoisotopic (exact) mass is 269 g/mol. The quantitative estimate of drug-likeness (QED) is 0.894. The number of ether oxygens (including phenoxy) is 2. The fourth-order valence-electron chi connectivity index (χ4n) is 2.58. The van der Waals surface area contributed by atoms with Crippen LogP contribution < -0.4 is 15.2 Å². The van der Waals surface area contributed by atoms with E-state index in [9.17, 15) is 0 Å². The molecule has 2 aromatic carbocycles. The maximum Gasteiger partial charge on any atom is 0.128 e. The standard InChI is InChI=1S/C17H19NO2/c1-17(2)11-15(18)14-10-13(8-9-16(14)20-17)19-12-6-4-3-5-7-12/h3-10,15H,11,18H2,1-2H3. The van der Waals surface area contributed by atoms with Gasteiger partial charge in [-0.3, -0.25) is 0 Å². The Morgan fingerprint density at radius 1 is 1.10 bits per heavy atom. The van der Waals surface area contributed by atoms with Crippen molar-refractivity contribution in [3.8, 4) is 17.2 Å². The van der Waals surface area contributed by atoms with Gasteiger partial charge in [-0.25, -0.2) is 0 Å². The molecule has 3 nitrogen and oxygen atoms in total. The van der Waals surface area contributed by atoms with Crippen LogP contribution in [0.25, 0.3) is 0 Å². The third-order valence-electron chi connectivity index (χ3n) is 3.46. The maximum atomic E-state index is 6.25. The third kappa shape index (κ3) is 2.63. The Kier molecular flexibility index (Phi) is 3.14. The van der Waals surface area contributed by atoms with Gasteiger partial charge in [0.15, 0.2) is 0 Å². The van der Waals surface area contributed by atoms with E-state index >= 15 is 0 Å². The fraction of sp³-hybridized carbons (Fsp3) is 0.294. The zero-order chi connectivity index (χ0) is 14.2. The molecule has 0 radical (unpaired) electrons. The minimum Gasteiger partial charge on any atom is -0.487 e. The molecular weight excluding hydrogens is 250 g/mol. The van der Waals surface area contributed by atoms with Gasteiger partial charge >= 0.3 is 0 Å². The van der Waals surface area contributed by atoms with Crippen LogP contribution in [-0.2, 0) is 0 Å². The molecule has 20 heavy (non-hydrogen) atoms. The lowest BCUT2D eigenvalue weighted by Crippen LogP contribution is -2.37. The number of para-hydroxylation sites is 1. The van der Waals surface area contributed by atoms with Gasteiger partial charge in [-0.05, 0) is 44.2 Å². The summed E-state index contributed by atoms with van der Waals surface area (Å²) in [7, 11) is 0. The second kappa shape index (κ2) is 4.84. The number of benzene rings is 2. The first-order chi connectivity index (χ1) is 9.53. The Morgan fingerprint density at radius 2 is 1.85 bits per heavy atom. The minimum atomic E-state index is -0.214. The van der Waals surface area contributed by atoms with Crippen LogP contribution in [0.1, 0.15) is 31.9 Å². The molecule has 1 aliphatic rings. The molecule has 1 unspecified atom stereocenters. The molecule has 1 heterocycles. The molecule has 0 spiro atoms. The van der Waals surface area contributed by atoms with E-state index in [1.807, 2.05) is 48.5 Å². The normalized spacial score (nSPS) is 19.9. The molecular formula is C17H19NO2.